The van der Waals surface area contributed by atoms with E-state index in [9.17, 15) is 0 Å². The highest BCUT2D eigenvalue weighted by molar-refractivity contribution is 4.73. The van der Waals surface area contributed by atoms with Gasteiger partial charge in [-0.2, -0.15) is 0 Å². The molecule has 13 heavy (non-hydrogen) atoms. The third-order valence-electron chi connectivity index (χ3n) is 2.73. The minimum absolute atomic E-state index is 0.490. The maximum Gasteiger partial charge on any atom is 0.0578 e. The molecule has 0 saturated heterocycles. The third-order valence-corrected chi connectivity index (χ3v) is 2.73. The lowest BCUT2D eigenvalue weighted by Crippen LogP contribution is -2.28. The van der Waals surface area contributed by atoms with E-state index in [1.54, 1.807) is 0 Å². The summed E-state index contributed by atoms with van der Waals surface area (Å²) in [6.07, 6.45) is 5.51. The summed E-state index contributed by atoms with van der Waals surface area (Å²) in [5.74, 6) is 1.36. The molecule has 0 radical (unpaired) electrons. The lowest BCUT2D eigenvalue weighted by Gasteiger charge is -2.28. The molecule has 2 heteroatoms. The number of hydrogen-bond acceptors (Lipinski definition) is 2. The fraction of sp³-hybridized carbons (Fsp3) is 1.00. The van der Waals surface area contributed by atoms with Crippen LogP contribution in [0.5, 0.6) is 0 Å². The van der Waals surface area contributed by atoms with Crippen LogP contribution in [0.4, 0.5) is 0 Å². The van der Waals surface area contributed by atoms with E-state index in [1.807, 2.05) is 0 Å². The van der Waals surface area contributed by atoms with E-state index in [2.05, 4.69) is 13.8 Å². The van der Waals surface area contributed by atoms with Crippen LogP contribution in [0.15, 0.2) is 0 Å². The summed E-state index contributed by atoms with van der Waals surface area (Å²) in [7, 11) is 0. The Morgan fingerprint density at radius 2 is 2.15 bits per heavy atom. The first kappa shape index (κ1) is 11.0. The zero-order valence-electron chi connectivity index (χ0n) is 8.96. The van der Waals surface area contributed by atoms with Crippen molar-refractivity contribution in [3.8, 4) is 0 Å². The van der Waals surface area contributed by atoms with E-state index in [4.69, 9.17) is 10.5 Å². The Morgan fingerprint density at radius 3 is 2.77 bits per heavy atom. The van der Waals surface area contributed by atoms with Gasteiger partial charge < -0.3 is 10.5 Å². The van der Waals surface area contributed by atoms with Crippen LogP contribution in [0.3, 0.4) is 0 Å². The molecule has 1 saturated carbocycles. The molecule has 2 unspecified atom stereocenters. The molecule has 1 aliphatic carbocycles. The number of nitrogens with two attached hydrogens (primary N) is 1. The Labute approximate surface area is 81.8 Å². The predicted octanol–water partition coefficient (Wildman–Crippen LogP) is 2.18. The SMILES string of the molecule is CC(C)COC1CCCC(CN)C1. The predicted molar refractivity (Wildman–Crippen MR) is 55.6 cm³/mol. The molecule has 0 aliphatic heterocycles. The summed E-state index contributed by atoms with van der Waals surface area (Å²) in [5, 5.41) is 0. The lowest BCUT2D eigenvalue weighted by molar-refractivity contribution is 0.00105. The van der Waals surface area contributed by atoms with Crippen molar-refractivity contribution in [3.63, 3.8) is 0 Å². The van der Waals surface area contributed by atoms with Crippen molar-refractivity contribution in [1.29, 1.82) is 0 Å². The van der Waals surface area contributed by atoms with Gasteiger partial charge in [-0.15, -0.1) is 0 Å². The standard InChI is InChI=1S/C11H23NO/c1-9(2)8-13-11-5-3-4-10(6-11)7-12/h9-11H,3-8,12H2,1-2H3. The molecule has 0 heterocycles. The Hall–Kier alpha value is -0.0800. The van der Waals surface area contributed by atoms with Crippen LogP contribution in [0, 0.1) is 11.8 Å². The highest BCUT2D eigenvalue weighted by atomic mass is 16.5. The molecule has 1 rings (SSSR count). The van der Waals surface area contributed by atoms with Crippen molar-refractivity contribution in [2.75, 3.05) is 13.2 Å². The number of ether oxygens (including phenoxy) is 1. The third kappa shape index (κ3) is 4.10. The summed E-state index contributed by atoms with van der Waals surface area (Å²) in [6, 6.07) is 0. The Bertz CT molecular complexity index is 136. The minimum Gasteiger partial charge on any atom is -0.378 e. The minimum atomic E-state index is 0.490. The summed E-state index contributed by atoms with van der Waals surface area (Å²) in [6.45, 7) is 6.13. The average molecular weight is 185 g/mol. The molecule has 0 bridgehead atoms. The van der Waals surface area contributed by atoms with E-state index in [0.29, 0.717) is 17.9 Å². The molecule has 1 fully saturated rings. The normalized spacial score (nSPS) is 29.5. The Morgan fingerprint density at radius 1 is 1.38 bits per heavy atom. The smallest absolute Gasteiger partial charge is 0.0578 e. The first-order valence-electron chi connectivity index (χ1n) is 5.54. The number of hydrogen-bond donors (Lipinski definition) is 1. The summed E-state index contributed by atoms with van der Waals surface area (Å²) in [4.78, 5) is 0. The van der Waals surface area contributed by atoms with Crippen LogP contribution in [0.1, 0.15) is 39.5 Å². The molecule has 78 valence electrons. The molecule has 0 aromatic carbocycles. The van der Waals surface area contributed by atoms with Crippen LogP contribution < -0.4 is 5.73 Å². The lowest BCUT2D eigenvalue weighted by atomic mass is 9.87. The fourth-order valence-corrected chi connectivity index (χ4v) is 1.94. The molecule has 2 atom stereocenters. The number of rotatable bonds is 4. The monoisotopic (exact) mass is 185 g/mol. The molecule has 0 amide bonds. The van der Waals surface area contributed by atoms with E-state index >= 15 is 0 Å². The van der Waals surface area contributed by atoms with Crippen molar-refractivity contribution in [3.05, 3.63) is 0 Å². The van der Waals surface area contributed by atoms with Gasteiger partial charge in [-0.3, -0.25) is 0 Å². The molecular formula is C11H23NO. The van der Waals surface area contributed by atoms with Gasteiger partial charge in [0, 0.05) is 6.61 Å². The highest BCUT2D eigenvalue weighted by Gasteiger charge is 2.21. The van der Waals surface area contributed by atoms with Crippen molar-refractivity contribution >= 4 is 0 Å². The summed E-state index contributed by atoms with van der Waals surface area (Å²) >= 11 is 0. The van der Waals surface area contributed by atoms with E-state index < -0.39 is 0 Å². The molecule has 1 aliphatic rings. The molecule has 0 aromatic rings. The molecular weight excluding hydrogens is 162 g/mol. The fourth-order valence-electron chi connectivity index (χ4n) is 1.94. The van der Waals surface area contributed by atoms with E-state index in [1.165, 1.54) is 25.7 Å². The largest absolute Gasteiger partial charge is 0.378 e. The van der Waals surface area contributed by atoms with Crippen LogP contribution >= 0.6 is 0 Å². The summed E-state index contributed by atoms with van der Waals surface area (Å²) in [5.41, 5.74) is 5.67. The summed E-state index contributed by atoms with van der Waals surface area (Å²) < 4.78 is 5.82. The quantitative estimate of drug-likeness (QED) is 0.728. The van der Waals surface area contributed by atoms with E-state index in [-0.39, 0.29) is 0 Å². The van der Waals surface area contributed by atoms with Gasteiger partial charge in [0.25, 0.3) is 0 Å². The topological polar surface area (TPSA) is 35.2 Å². The maximum absolute atomic E-state index is 5.82. The Kier molecular flexibility index (Phi) is 4.74. The first-order chi connectivity index (χ1) is 6.22. The van der Waals surface area contributed by atoms with Crippen LogP contribution in [-0.4, -0.2) is 19.3 Å². The van der Waals surface area contributed by atoms with Crippen LogP contribution in [-0.2, 0) is 4.74 Å². The van der Waals surface area contributed by atoms with Gasteiger partial charge in [-0.25, -0.2) is 0 Å². The second-order valence-corrected chi connectivity index (χ2v) is 4.62. The molecule has 2 N–H and O–H groups in total. The van der Waals surface area contributed by atoms with Crippen molar-refractivity contribution < 1.29 is 4.74 Å². The second-order valence-electron chi connectivity index (χ2n) is 4.62. The first-order valence-corrected chi connectivity index (χ1v) is 5.54. The van der Waals surface area contributed by atoms with Gasteiger partial charge in [0.1, 0.15) is 0 Å². The van der Waals surface area contributed by atoms with Gasteiger partial charge in [-0.05, 0) is 37.6 Å². The van der Waals surface area contributed by atoms with Gasteiger partial charge >= 0.3 is 0 Å². The second kappa shape index (κ2) is 5.61. The average Bonchev–Trinajstić information content (AvgIpc) is 2.15. The zero-order valence-corrected chi connectivity index (χ0v) is 8.96. The van der Waals surface area contributed by atoms with Crippen molar-refractivity contribution in [2.24, 2.45) is 17.6 Å². The zero-order chi connectivity index (χ0) is 9.68. The van der Waals surface area contributed by atoms with Gasteiger partial charge in [0.2, 0.25) is 0 Å². The van der Waals surface area contributed by atoms with Gasteiger partial charge in [0.05, 0.1) is 6.10 Å². The van der Waals surface area contributed by atoms with Crippen LogP contribution in [0.2, 0.25) is 0 Å². The molecule has 2 nitrogen and oxygen atoms in total. The van der Waals surface area contributed by atoms with Gasteiger partial charge in [0.15, 0.2) is 0 Å². The van der Waals surface area contributed by atoms with Gasteiger partial charge in [-0.1, -0.05) is 20.3 Å². The molecule has 0 spiro atoms. The van der Waals surface area contributed by atoms with Crippen LogP contribution in [0.25, 0.3) is 0 Å². The Balaban J connectivity index is 2.18. The van der Waals surface area contributed by atoms with E-state index in [0.717, 1.165) is 13.2 Å². The highest BCUT2D eigenvalue weighted by Crippen LogP contribution is 2.25. The van der Waals surface area contributed by atoms with Crippen molar-refractivity contribution in [1.82, 2.24) is 0 Å². The molecule has 0 aromatic heterocycles. The maximum atomic E-state index is 5.82. The van der Waals surface area contributed by atoms with Crippen molar-refractivity contribution in [2.45, 2.75) is 45.6 Å².